The summed E-state index contributed by atoms with van der Waals surface area (Å²) in [6.45, 7) is 0. The van der Waals surface area contributed by atoms with Crippen LogP contribution in [-0.2, 0) is 41.3 Å². The highest BCUT2D eigenvalue weighted by molar-refractivity contribution is 5.71. The van der Waals surface area contributed by atoms with E-state index in [0.29, 0.717) is 11.4 Å². The minimum atomic E-state index is -0.888. The van der Waals surface area contributed by atoms with Crippen LogP contribution in [0.2, 0.25) is 0 Å². The van der Waals surface area contributed by atoms with Gasteiger partial charge < -0.3 is 9.84 Å². The maximum Gasteiger partial charge on any atom is 0.311 e. The molecule has 0 atom stereocenters. The average molecular weight is 296 g/mol. The van der Waals surface area contributed by atoms with Gasteiger partial charge in [-0.2, -0.15) is 0 Å². The summed E-state index contributed by atoms with van der Waals surface area (Å²) in [6, 6.07) is 0. The first-order chi connectivity index (χ1) is 9.90. The lowest BCUT2D eigenvalue weighted by molar-refractivity contribution is -0.140. The number of carboxylic acids is 1. The Morgan fingerprint density at radius 3 is 1.90 bits per heavy atom. The van der Waals surface area contributed by atoms with Crippen LogP contribution in [0.4, 0.5) is 0 Å². The van der Waals surface area contributed by atoms with E-state index in [0.717, 1.165) is 0 Å². The van der Waals surface area contributed by atoms with Gasteiger partial charge in [0.1, 0.15) is 0 Å². The number of carbonyl (C=O) groups excluding carboxylic acids is 1. The zero-order valence-electron chi connectivity index (χ0n) is 11.9. The van der Waals surface area contributed by atoms with Gasteiger partial charge in [0.2, 0.25) is 0 Å². The predicted molar refractivity (Wildman–Crippen MR) is 69.1 cm³/mol. The summed E-state index contributed by atoms with van der Waals surface area (Å²) in [7, 11) is 4.78. The van der Waals surface area contributed by atoms with E-state index in [1.54, 1.807) is 26.5 Å². The van der Waals surface area contributed by atoms with Crippen molar-refractivity contribution in [2.24, 2.45) is 14.1 Å². The largest absolute Gasteiger partial charge is 0.481 e. The molecule has 114 valence electrons. The third kappa shape index (κ3) is 6.27. The Morgan fingerprint density at radius 2 is 1.57 bits per heavy atom. The first-order valence-electron chi connectivity index (χ1n) is 5.89. The zero-order chi connectivity index (χ0) is 15.8. The van der Waals surface area contributed by atoms with Crippen molar-refractivity contribution in [1.82, 2.24) is 30.0 Å². The molecule has 0 spiro atoms. The molecule has 0 saturated carbocycles. The quantitative estimate of drug-likeness (QED) is 0.710. The topological polar surface area (TPSA) is 125 Å². The minimum absolute atomic E-state index is 0.0617. The zero-order valence-corrected chi connectivity index (χ0v) is 11.9. The Labute approximate surface area is 120 Å². The van der Waals surface area contributed by atoms with Gasteiger partial charge in [0, 0.05) is 26.5 Å². The number of aryl methyl sites for hydroxylation is 2. The van der Waals surface area contributed by atoms with Crippen LogP contribution >= 0.6 is 0 Å². The Balaban J connectivity index is 0.000000211. The average Bonchev–Trinajstić information content (AvgIpc) is 2.98. The molecule has 0 aliphatic rings. The van der Waals surface area contributed by atoms with Crippen molar-refractivity contribution in [3.63, 3.8) is 0 Å². The van der Waals surface area contributed by atoms with Gasteiger partial charge >= 0.3 is 11.9 Å². The fourth-order valence-electron chi connectivity index (χ4n) is 1.33. The molecular formula is C11H16N6O4. The summed E-state index contributed by atoms with van der Waals surface area (Å²) in [5.74, 6) is -1.19. The molecule has 2 aromatic heterocycles. The van der Waals surface area contributed by atoms with Crippen molar-refractivity contribution >= 4 is 11.9 Å². The van der Waals surface area contributed by atoms with Gasteiger partial charge in [0.05, 0.1) is 31.3 Å². The molecule has 0 aliphatic carbocycles. The molecule has 0 bridgehead atoms. The number of hydrogen-bond acceptors (Lipinski definition) is 7. The van der Waals surface area contributed by atoms with E-state index in [9.17, 15) is 9.59 Å². The van der Waals surface area contributed by atoms with Crippen LogP contribution in [0, 0.1) is 0 Å². The van der Waals surface area contributed by atoms with Crippen molar-refractivity contribution in [1.29, 1.82) is 0 Å². The standard InChI is InChI=1S/C6H9N3O2.C5H7N3O2/c1-9-4-5(7-8-9)3-6(10)11-2;1-8-3-4(6-7-8)2-5(9)10/h4H,3H2,1-2H3;3H,2H2,1H3,(H,9,10). The van der Waals surface area contributed by atoms with Crippen LogP contribution < -0.4 is 0 Å². The Morgan fingerprint density at radius 1 is 1.10 bits per heavy atom. The molecule has 0 radical (unpaired) electrons. The minimum Gasteiger partial charge on any atom is -0.481 e. The van der Waals surface area contributed by atoms with E-state index in [1.165, 1.54) is 16.5 Å². The van der Waals surface area contributed by atoms with E-state index in [4.69, 9.17) is 5.11 Å². The highest BCUT2D eigenvalue weighted by Crippen LogP contribution is 1.93. The summed E-state index contributed by atoms with van der Waals surface area (Å²) in [6.07, 6.45) is 3.38. The van der Waals surface area contributed by atoms with Crippen molar-refractivity contribution in [2.75, 3.05) is 7.11 Å². The smallest absolute Gasteiger partial charge is 0.311 e. The molecule has 0 saturated heterocycles. The molecule has 21 heavy (non-hydrogen) atoms. The third-order valence-corrected chi connectivity index (χ3v) is 2.19. The predicted octanol–water partition coefficient (Wildman–Crippen LogP) is -1.03. The maximum atomic E-state index is 10.7. The number of rotatable bonds is 4. The molecule has 2 heterocycles. The van der Waals surface area contributed by atoms with Crippen LogP contribution in [0.15, 0.2) is 12.4 Å². The number of hydrogen-bond donors (Lipinski definition) is 1. The van der Waals surface area contributed by atoms with Gasteiger partial charge in [0.25, 0.3) is 0 Å². The first kappa shape index (κ1) is 16.3. The molecule has 0 amide bonds. The fourth-order valence-corrected chi connectivity index (χ4v) is 1.33. The third-order valence-electron chi connectivity index (χ3n) is 2.19. The maximum absolute atomic E-state index is 10.7. The van der Waals surface area contributed by atoms with Crippen LogP contribution in [0.5, 0.6) is 0 Å². The Hall–Kier alpha value is -2.78. The normalized spacial score (nSPS) is 9.67. The highest BCUT2D eigenvalue weighted by atomic mass is 16.5. The number of aliphatic carboxylic acids is 1. The second-order valence-corrected chi connectivity index (χ2v) is 4.09. The second kappa shape index (κ2) is 7.72. The number of nitrogens with zero attached hydrogens (tertiary/aromatic N) is 6. The number of carbonyl (C=O) groups is 2. The number of aromatic nitrogens is 6. The molecule has 0 fully saturated rings. The highest BCUT2D eigenvalue weighted by Gasteiger charge is 2.05. The Kier molecular flexibility index (Phi) is 5.99. The van der Waals surface area contributed by atoms with Gasteiger partial charge in [-0.25, -0.2) is 0 Å². The van der Waals surface area contributed by atoms with E-state index in [-0.39, 0.29) is 18.8 Å². The second-order valence-electron chi connectivity index (χ2n) is 4.09. The Bertz CT molecular complexity index is 605. The molecule has 2 aromatic rings. The van der Waals surface area contributed by atoms with E-state index < -0.39 is 5.97 Å². The number of ether oxygens (including phenoxy) is 1. The number of methoxy groups -OCH3 is 1. The van der Waals surface area contributed by atoms with Crippen molar-refractivity contribution < 1.29 is 19.4 Å². The molecule has 10 heteroatoms. The summed E-state index contributed by atoms with van der Waals surface area (Å²) in [5.41, 5.74) is 1.11. The van der Waals surface area contributed by atoms with Gasteiger partial charge in [-0.1, -0.05) is 10.4 Å². The van der Waals surface area contributed by atoms with Gasteiger partial charge in [-0.05, 0) is 0 Å². The van der Waals surface area contributed by atoms with Crippen LogP contribution in [0.25, 0.3) is 0 Å². The van der Waals surface area contributed by atoms with Crippen LogP contribution in [0.1, 0.15) is 11.4 Å². The first-order valence-corrected chi connectivity index (χ1v) is 5.89. The van der Waals surface area contributed by atoms with E-state index >= 15 is 0 Å². The van der Waals surface area contributed by atoms with Crippen LogP contribution in [-0.4, -0.2) is 54.1 Å². The lowest BCUT2D eigenvalue weighted by atomic mass is 10.3. The molecule has 1 N–H and O–H groups in total. The van der Waals surface area contributed by atoms with Crippen LogP contribution in [0.3, 0.4) is 0 Å². The molecule has 0 unspecified atom stereocenters. The molecule has 10 nitrogen and oxygen atoms in total. The number of esters is 1. The summed E-state index contributed by atoms with van der Waals surface area (Å²) < 4.78 is 7.46. The molecule has 0 aliphatic heterocycles. The summed E-state index contributed by atoms with van der Waals surface area (Å²) >= 11 is 0. The monoisotopic (exact) mass is 296 g/mol. The molecule has 0 aromatic carbocycles. The van der Waals surface area contributed by atoms with Crippen molar-refractivity contribution in [3.8, 4) is 0 Å². The molecular weight excluding hydrogens is 280 g/mol. The van der Waals surface area contributed by atoms with Gasteiger partial charge in [-0.3, -0.25) is 19.0 Å². The van der Waals surface area contributed by atoms with Gasteiger partial charge in [-0.15, -0.1) is 10.2 Å². The fraction of sp³-hybridized carbons (Fsp3) is 0.455. The lowest BCUT2D eigenvalue weighted by Gasteiger charge is -1.92. The summed E-state index contributed by atoms with van der Waals surface area (Å²) in [5, 5.41) is 22.8. The SMILES string of the molecule is COC(=O)Cc1cn(C)nn1.Cn1cc(CC(=O)O)nn1. The number of carboxylic acid groups (broad SMARTS) is 1. The summed E-state index contributed by atoms with van der Waals surface area (Å²) in [4.78, 5) is 20.8. The molecule has 2 rings (SSSR count). The van der Waals surface area contributed by atoms with Gasteiger partial charge in [0.15, 0.2) is 0 Å². The van der Waals surface area contributed by atoms with Crippen molar-refractivity contribution in [3.05, 3.63) is 23.8 Å². The lowest BCUT2D eigenvalue weighted by Crippen LogP contribution is -2.04. The van der Waals surface area contributed by atoms with Crippen molar-refractivity contribution in [2.45, 2.75) is 12.8 Å². The van der Waals surface area contributed by atoms with E-state index in [2.05, 4.69) is 25.4 Å². The van der Waals surface area contributed by atoms with E-state index in [1.807, 2.05) is 0 Å².